The van der Waals surface area contributed by atoms with E-state index in [0.717, 1.165) is 30.2 Å². The quantitative estimate of drug-likeness (QED) is 0.764. The van der Waals surface area contributed by atoms with E-state index in [0.29, 0.717) is 12.6 Å². The van der Waals surface area contributed by atoms with Gasteiger partial charge in [-0.2, -0.15) is 0 Å². The number of hydrogen-bond donors (Lipinski definition) is 1. The largest absolute Gasteiger partial charge is 0.497 e. The molecular formula is C25H31N3O3. The first-order chi connectivity index (χ1) is 15.0. The monoisotopic (exact) mass is 421 g/mol. The molecule has 2 amide bonds. The summed E-state index contributed by atoms with van der Waals surface area (Å²) in [5, 5.41) is 2.98. The number of ether oxygens (including phenoxy) is 1. The Kier molecular flexibility index (Phi) is 6.56. The second kappa shape index (κ2) is 9.52. The molecule has 6 nitrogen and oxygen atoms in total. The summed E-state index contributed by atoms with van der Waals surface area (Å²) in [6, 6.07) is 16.0. The molecule has 2 unspecified atom stereocenters. The van der Waals surface area contributed by atoms with Crippen LogP contribution in [0.4, 0.5) is 11.4 Å². The maximum atomic E-state index is 12.8. The van der Waals surface area contributed by atoms with Gasteiger partial charge in [0.25, 0.3) is 0 Å². The zero-order valence-electron chi connectivity index (χ0n) is 18.3. The first-order valence-corrected chi connectivity index (χ1v) is 11.1. The van der Waals surface area contributed by atoms with E-state index in [9.17, 15) is 9.59 Å². The van der Waals surface area contributed by atoms with E-state index >= 15 is 0 Å². The lowest BCUT2D eigenvalue weighted by molar-refractivity contribution is -0.122. The molecule has 0 bridgehead atoms. The fourth-order valence-electron chi connectivity index (χ4n) is 4.46. The minimum absolute atomic E-state index is 0.0312. The van der Waals surface area contributed by atoms with E-state index in [-0.39, 0.29) is 24.2 Å². The number of carbonyl (C=O) groups excluding carboxylic acids is 2. The third-order valence-corrected chi connectivity index (χ3v) is 6.43. The summed E-state index contributed by atoms with van der Waals surface area (Å²) < 4.78 is 5.17. The second-order valence-corrected chi connectivity index (χ2v) is 8.60. The molecule has 0 spiro atoms. The number of nitrogens with zero attached hydrogens (tertiary/aromatic N) is 2. The maximum Gasteiger partial charge on any atom is 0.229 e. The van der Waals surface area contributed by atoms with E-state index in [4.69, 9.17) is 4.74 Å². The summed E-state index contributed by atoms with van der Waals surface area (Å²) in [4.78, 5) is 29.4. The van der Waals surface area contributed by atoms with Gasteiger partial charge in [-0.3, -0.25) is 14.5 Å². The average molecular weight is 422 g/mol. The zero-order valence-corrected chi connectivity index (χ0v) is 18.3. The first kappa shape index (κ1) is 21.4. The van der Waals surface area contributed by atoms with Gasteiger partial charge in [-0.1, -0.05) is 18.6 Å². The summed E-state index contributed by atoms with van der Waals surface area (Å²) in [7, 11) is 1.61. The van der Waals surface area contributed by atoms with Gasteiger partial charge in [0.15, 0.2) is 0 Å². The molecule has 2 aliphatic rings. The van der Waals surface area contributed by atoms with E-state index in [1.54, 1.807) is 12.0 Å². The second-order valence-electron chi connectivity index (χ2n) is 8.60. The number of nitrogens with one attached hydrogen (secondary N) is 1. The smallest absolute Gasteiger partial charge is 0.229 e. The minimum atomic E-state index is -0.358. The molecule has 6 heteroatoms. The van der Waals surface area contributed by atoms with Crippen molar-refractivity contribution in [1.29, 1.82) is 0 Å². The van der Waals surface area contributed by atoms with Gasteiger partial charge < -0.3 is 15.0 Å². The number of likely N-dealkylation sites (tertiary alicyclic amines) is 1. The molecule has 0 aliphatic carbocycles. The van der Waals surface area contributed by atoms with Crippen LogP contribution in [0, 0.1) is 5.92 Å². The van der Waals surface area contributed by atoms with Crippen molar-refractivity contribution in [3.63, 3.8) is 0 Å². The van der Waals surface area contributed by atoms with Crippen LogP contribution in [-0.2, 0) is 16.1 Å². The third-order valence-electron chi connectivity index (χ3n) is 6.43. The van der Waals surface area contributed by atoms with Gasteiger partial charge in [0.1, 0.15) is 5.75 Å². The van der Waals surface area contributed by atoms with Crippen molar-refractivity contribution in [3.8, 4) is 5.75 Å². The number of amides is 2. The van der Waals surface area contributed by atoms with Crippen molar-refractivity contribution in [2.45, 2.75) is 45.2 Å². The maximum absolute atomic E-state index is 12.8. The highest BCUT2D eigenvalue weighted by Gasteiger charge is 2.35. The molecule has 0 radical (unpaired) electrons. The lowest BCUT2D eigenvalue weighted by Crippen LogP contribution is -2.36. The van der Waals surface area contributed by atoms with Crippen molar-refractivity contribution < 1.29 is 14.3 Å². The molecule has 2 aliphatic heterocycles. The number of benzene rings is 2. The molecule has 2 heterocycles. The standard InChI is InChI=1S/C25H31N3O3/c1-18-5-3-4-14-27(18)16-19-6-8-21(9-7-19)26-25(30)20-15-24(29)28(17-20)22-10-12-23(31-2)13-11-22/h6-13,18,20H,3-5,14-17H2,1-2H3,(H,26,30). The molecule has 0 saturated carbocycles. The van der Waals surface area contributed by atoms with Crippen LogP contribution in [0.25, 0.3) is 0 Å². The van der Waals surface area contributed by atoms with Gasteiger partial charge in [-0.05, 0) is 68.3 Å². The van der Waals surface area contributed by atoms with Gasteiger partial charge >= 0.3 is 0 Å². The Hall–Kier alpha value is -2.86. The van der Waals surface area contributed by atoms with Gasteiger partial charge in [-0.25, -0.2) is 0 Å². The highest BCUT2D eigenvalue weighted by atomic mass is 16.5. The predicted octanol–water partition coefficient (Wildman–Crippen LogP) is 4.06. The van der Waals surface area contributed by atoms with E-state index in [1.165, 1.54) is 24.8 Å². The van der Waals surface area contributed by atoms with Gasteiger partial charge in [0, 0.05) is 36.9 Å². The number of methoxy groups -OCH3 is 1. The molecule has 2 aromatic rings. The lowest BCUT2D eigenvalue weighted by Gasteiger charge is -2.33. The van der Waals surface area contributed by atoms with Crippen molar-refractivity contribution in [3.05, 3.63) is 54.1 Å². The SMILES string of the molecule is COc1ccc(N2CC(C(=O)Nc3ccc(CN4CCCCC4C)cc3)CC2=O)cc1. The lowest BCUT2D eigenvalue weighted by atomic mass is 10.0. The van der Waals surface area contributed by atoms with Crippen LogP contribution in [0.3, 0.4) is 0 Å². The molecule has 0 aromatic heterocycles. The predicted molar refractivity (Wildman–Crippen MR) is 122 cm³/mol. The van der Waals surface area contributed by atoms with E-state index < -0.39 is 0 Å². The molecule has 1 N–H and O–H groups in total. The average Bonchev–Trinajstić information content (AvgIpc) is 3.18. The Morgan fingerprint density at radius 1 is 1.10 bits per heavy atom. The van der Waals surface area contributed by atoms with Crippen molar-refractivity contribution in [1.82, 2.24) is 4.90 Å². The molecule has 2 fully saturated rings. The van der Waals surface area contributed by atoms with Crippen LogP contribution in [0.5, 0.6) is 5.75 Å². The zero-order chi connectivity index (χ0) is 21.8. The fraction of sp³-hybridized carbons (Fsp3) is 0.440. The van der Waals surface area contributed by atoms with Gasteiger partial charge in [0.05, 0.1) is 13.0 Å². The molecular weight excluding hydrogens is 390 g/mol. The summed E-state index contributed by atoms with van der Waals surface area (Å²) in [6.45, 7) is 4.79. The summed E-state index contributed by atoms with van der Waals surface area (Å²) in [5.74, 6) is 0.240. The van der Waals surface area contributed by atoms with E-state index in [2.05, 4.69) is 29.3 Å². The van der Waals surface area contributed by atoms with Crippen LogP contribution in [0.15, 0.2) is 48.5 Å². The van der Waals surface area contributed by atoms with Crippen molar-refractivity contribution in [2.24, 2.45) is 5.92 Å². The Bertz CT molecular complexity index is 911. The summed E-state index contributed by atoms with van der Waals surface area (Å²) in [6.07, 6.45) is 4.08. The summed E-state index contributed by atoms with van der Waals surface area (Å²) >= 11 is 0. The first-order valence-electron chi connectivity index (χ1n) is 11.1. The normalized spacial score (nSPS) is 21.9. The van der Waals surface area contributed by atoms with Gasteiger partial charge in [0.2, 0.25) is 11.8 Å². The third kappa shape index (κ3) is 5.07. The molecule has 2 saturated heterocycles. The summed E-state index contributed by atoms with van der Waals surface area (Å²) in [5.41, 5.74) is 2.82. The Balaban J connectivity index is 1.33. The molecule has 2 atom stereocenters. The van der Waals surface area contributed by atoms with Crippen LogP contribution >= 0.6 is 0 Å². The molecule has 164 valence electrons. The minimum Gasteiger partial charge on any atom is -0.497 e. The number of piperidine rings is 1. The molecule has 4 rings (SSSR count). The van der Waals surface area contributed by atoms with Crippen molar-refractivity contribution >= 4 is 23.2 Å². The number of anilines is 2. The van der Waals surface area contributed by atoms with Crippen LogP contribution in [-0.4, -0.2) is 43.0 Å². The number of rotatable bonds is 6. The van der Waals surface area contributed by atoms with E-state index in [1.807, 2.05) is 36.4 Å². The number of hydrogen-bond acceptors (Lipinski definition) is 4. The Morgan fingerprint density at radius 3 is 2.52 bits per heavy atom. The fourth-order valence-corrected chi connectivity index (χ4v) is 4.46. The van der Waals surface area contributed by atoms with Crippen LogP contribution in [0.2, 0.25) is 0 Å². The number of carbonyl (C=O) groups is 2. The van der Waals surface area contributed by atoms with Crippen LogP contribution < -0.4 is 15.0 Å². The van der Waals surface area contributed by atoms with Crippen LogP contribution in [0.1, 0.15) is 38.2 Å². The van der Waals surface area contributed by atoms with Crippen molar-refractivity contribution in [2.75, 3.05) is 30.4 Å². The van der Waals surface area contributed by atoms with Gasteiger partial charge in [-0.15, -0.1) is 0 Å². The highest BCUT2D eigenvalue weighted by molar-refractivity contribution is 6.03. The highest BCUT2D eigenvalue weighted by Crippen LogP contribution is 2.28. The Labute approximate surface area is 184 Å². The molecule has 2 aromatic carbocycles. The molecule has 31 heavy (non-hydrogen) atoms. The Morgan fingerprint density at radius 2 is 1.84 bits per heavy atom. The topological polar surface area (TPSA) is 61.9 Å².